The average Bonchev–Trinajstić information content (AvgIpc) is 2.81. The second-order valence-corrected chi connectivity index (χ2v) is 16.5. The van der Waals surface area contributed by atoms with Gasteiger partial charge in [-0.1, -0.05) is 53.2 Å². The Morgan fingerprint density at radius 2 is 1.82 bits per heavy atom. The van der Waals surface area contributed by atoms with Gasteiger partial charge in [0.15, 0.2) is 8.32 Å². The molecule has 0 radical (unpaired) electrons. The summed E-state index contributed by atoms with van der Waals surface area (Å²) in [6.45, 7) is 21.4. The van der Waals surface area contributed by atoms with E-state index in [-0.39, 0.29) is 29.2 Å². The van der Waals surface area contributed by atoms with Gasteiger partial charge in [0.1, 0.15) is 0 Å². The van der Waals surface area contributed by atoms with Crippen molar-refractivity contribution in [3.63, 3.8) is 0 Å². The summed E-state index contributed by atoms with van der Waals surface area (Å²) in [4.78, 5) is 0. The van der Waals surface area contributed by atoms with E-state index in [1.54, 1.807) is 6.92 Å². The van der Waals surface area contributed by atoms with Crippen LogP contribution in [0, 0.1) is 23.2 Å². The lowest BCUT2D eigenvalue weighted by atomic mass is 9.61. The quantitative estimate of drug-likeness (QED) is 0.301. The van der Waals surface area contributed by atoms with Gasteiger partial charge in [-0.05, 0) is 73.9 Å². The fourth-order valence-electron chi connectivity index (χ4n) is 5.92. The van der Waals surface area contributed by atoms with Crippen LogP contribution in [0.3, 0.4) is 0 Å². The van der Waals surface area contributed by atoms with Crippen molar-refractivity contribution in [2.75, 3.05) is 0 Å². The minimum absolute atomic E-state index is 0.0133. The van der Waals surface area contributed by atoms with Crippen LogP contribution in [-0.4, -0.2) is 20.3 Å². The van der Waals surface area contributed by atoms with Crippen LogP contribution < -0.4 is 0 Å². The highest BCUT2D eigenvalue weighted by Gasteiger charge is 2.55. The number of hydrogen-bond donors (Lipinski definition) is 0. The van der Waals surface area contributed by atoms with Crippen LogP contribution in [0.1, 0.15) is 86.5 Å². The standard InChI is InChI=1S/C24H44F2OSi/c1-17(2)15-24(25,26)16-18(3)19-12-13-20-21(11-10-14-23(19,20)7)27-28(8,9)22(4,5)6/h18-21H,1,10-16H2,2-9H3/t18?,19-,20+,21+,23-/m1/s1. The molecule has 0 heterocycles. The minimum Gasteiger partial charge on any atom is -0.414 e. The lowest BCUT2D eigenvalue weighted by Gasteiger charge is -2.50. The van der Waals surface area contributed by atoms with Gasteiger partial charge < -0.3 is 4.43 Å². The molecule has 2 fully saturated rings. The molecule has 1 unspecified atom stereocenters. The van der Waals surface area contributed by atoms with Gasteiger partial charge >= 0.3 is 0 Å². The molecule has 0 spiro atoms. The van der Waals surface area contributed by atoms with Gasteiger partial charge in [-0.2, -0.15) is 0 Å². The third-order valence-electron chi connectivity index (χ3n) is 8.26. The van der Waals surface area contributed by atoms with Gasteiger partial charge in [0.05, 0.1) is 0 Å². The first-order chi connectivity index (χ1) is 12.6. The predicted molar refractivity (Wildman–Crippen MR) is 118 cm³/mol. The normalized spacial score (nSPS) is 32.9. The topological polar surface area (TPSA) is 9.23 Å². The van der Waals surface area contributed by atoms with Crippen molar-refractivity contribution in [3.8, 4) is 0 Å². The fraction of sp³-hybridized carbons (Fsp3) is 0.917. The smallest absolute Gasteiger partial charge is 0.252 e. The maximum absolute atomic E-state index is 14.5. The Morgan fingerprint density at radius 3 is 2.36 bits per heavy atom. The molecule has 28 heavy (non-hydrogen) atoms. The molecule has 0 aromatic carbocycles. The average molecular weight is 415 g/mol. The van der Waals surface area contributed by atoms with Gasteiger partial charge in [-0.25, -0.2) is 8.78 Å². The van der Waals surface area contributed by atoms with E-state index in [9.17, 15) is 8.78 Å². The zero-order chi connectivity index (χ0) is 21.5. The first-order valence-electron chi connectivity index (χ1n) is 11.3. The van der Waals surface area contributed by atoms with E-state index in [4.69, 9.17) is 4.43 Å². The molecular weight excluding hydrogens is 370 g/mol. The van der Waals surface area contributed by atoms with E-state index in [1.165, 1.54) is 0 Å². The van der Waals surface area contributed by atoms with E-state index in [1.807, 2.05) is 0 Å². The molecule has 0 amide bonds. The van der Waals surface area contributed by atoms with Crippen molar-refractivity contribution in [2.45, 2.75) is 117 Å². The zero-order valence-electron chi connectivity index (χ0n) is 19.6. The van der Waals surface area contributed by atoms with Crippen molar-refractivity contribution in [1.29, 1.82) is 0 Å². The first kappa shape index (κ1) is 24.1. The molecule has 0 aromatic heterocycles. The van der Waals surface area contributed by atoms with E-state index in [0.29, 0.717) is 23.5 Å². The van der Waals surface area contributed by atoms with Crippen LogP contribution in [-0.2, 0) is 4.43 Å². The largest absolute Gasteiger partial charge is 0.414 e. The van der Waals surface area contributed by atoms with Gasteiger partial charge in [0, 0.05) is 18.9 Å². The maximum atomic E-state index is 14.5. The Labute approximate surface area is 173 Å². The first-order valence-corrected chi connectivity index (χ1v) is 14.2. The van der Waals surface area contributed by atoms with Crippen molar-refractivity contribution in [2.24, 2.45) is 23.2 Å². The highest BCUT2D eigenvalue weighted by atomic mass is 28.4. The van der Waals surface area contributed by atoms with Crippen LogP contribution in [0.4, 0.5) is 8.78 Å². The Kier molecular flexibility index (Phi) is 6.98. The summed E-state index contributed by atoms with van der Waals surface area (Å²) in [6, 6.07) is 0. The number of fused-ring (bicyclic) bond motifs is 1. The molecule has 5 atom stereocenters. The summed E-state index contributed by atoms with van der Waals surface area (Å²) in [5.74, 6) is -1.70. The molecule has 2 saturated carbocycles. The second-order valence-electron chi connectivity index (χ2n) is 11.8. The van der Waals surface area contributed by atoms with Crippen LogP contribution in [0.15, 0.2) is 12.2 Å². The summed E-state index contributed by atoms with van der Waals surface area (Å²) in [7, 11) is -1.82. The molecule has 0 saturated heterocycles. The molecule has 0 aliphatic heterocycles. The third kappa shape index (κ3) is 5.09. The Bertz CT molecular complexity index is 565. The van der Waals surface area contributed by atoms with Crippen LogP contribution in [0.25, 0.3) is 0 Å². The zero-order valence-corrected chi connectivity index (χ0v) is 20.6. The van der Waals surface area contributed by atoms with Crippen molar-refractivity contribution < 1.29 is 13.2 Å². The molecule has 164 valence electrons. The van der Waals surface area contributed by atoms with E-state index in [2.05, 4.69) is 54.3 Å². The number of halogens is 2. The Balaban J connectivity index is 2.14. The molecule has 4 heteroatoms. The molecule has 2 aliphatic rings. The lowest BCUT2D eigenvalue weighted by Crippen LogP contribution is -2.50. The third-order valence-corrected chi connectivity index (χ3v) is 12.8. The van der Waals surface area contributed by atoms with E-state index >= 15 is 0 Å². The summed E-state index contributed by atoms with van der Waals surface area (Å²) in [5.41, 5.74) is 0.720. The lowest BCUT2D eigenvalue weighted by molar-refractivity contribution is -0.0552. The Morgan fingerprint density at radius 1 is 1.21 bits per heavy atom. The second kappa shape index (κ2) is 8.13. The van der Waals surface area contributed by atoms with Gasteiger partial charge in [-0.3, -0.25) is 0 Å². The molecule has 0 aromatic rings. The van der Waals surface area contributed by atoms with Gasteiger partial charge in [0.25, 0.3) is 5.92 Å². The summed E-state index contributed by atoms with van der Waals surface area (Å²) in [5, 5.41) is 0.205. The fourth-order valence-corrected chi connectivity index (χ4v) is 7.31. The number of rotatable bonds is 7. The number of allylic oxidation sites excluding steroid dienone is 1. The van der Waals surface area contributed by atoms with Crippen molar-refractivity contribution in [3.05, 3.63) is 12.2 Å². The molecule has 1 nitrogen and oxygen atoms in total. The summed E-state index contributed by atoms with van der Waals surface area (Å²) in [6.07, 6.45) is 5.79. The van der Waals surface area contributed by atoms with Crippen LogP contribution in [0.2, 0.25) is 18.1 Å². The highest BCUT2D eigenvalue weighted by molar-refractivity contribution is 6.74. The summed E-state index contributed by atoms with van der Waals surface area (Å²) >= 11 is 0. The van der Waals surface area contributed by atoms with Gasteiger partial charge in [0.2, 0.25) is 0 Å². The molecule has 2 rings (SSSR count). The monoisotopic (exact) mass is 414 g/mol. The van der Waals surface area contributed by atoms with Crippen molar-refractivity contribution >= 4 is 8.32 Å². The minimum atomic E-state index is -2.63. The predicted octanol–water partition coefficient (Wildman–Crippen LogP) is 8.22. The molecule has 0 bridgehead atoms. The molecule has 0 N–H and O–H groups in total. The van der Waals surface area contributed by atoms with Gasteiger partial charge in [-0.15, -0.1) is 0 Å². The van der Waals surface area contributed by atoms with E-state index in [0.717, 1.165) is 32.1 Å². The summed E-state index contributed by atoms with van der Waals surface area (Å²) < 4.78 is 35.8. The molecular formula is C24H44F2OSi. The highest BCUT2D eigenvalue weighted by Crippen LogP contribution is 2.60. The molecule has 2 aliphatic carbocycles. The van der Waals surface area contributed by atoms with Crippen LogP contribution in [0.5, 0.6) is 0 Å². The van der Waals surface area contributed by atoms with E-state index < -0.39 is 14.2 Å². The maximum Gasteiger partial charge on any atom is 0.252 e. The van der Waals surface area contributed by atoms with Crippen molar-refractivity contribution in [1.82, 2.24) is 0 Å². The SMILES string of the molecule is C=C(C)CC(F)(F)CC(C)[C@H]1CC[C@H]2[C@@H](O[Si](C)(C)C(C)(C)C)CCC[C@]12C. The Hall–Kier alpha value is -0.223. The van der Waals surface area contributed by atoms with Crippen LogP contribution >= 0.6 is 0 Å². The number of hydrogen-bond acceptors (Lipinski definition) is 1. The number of alkyl halides is 2.